The van der Waals surface area contributed by atoms with Gasteiger partial charge in [0.05, 0.1) is 0 Å². The third kappa shape index (κ3) is 2.00. The van der Waals surface area contributed by atoms with E-state index >= 15 is 0 Å². The molecule has 0 atom stereocenters. The third-order valence-corrected chi connectivity index (χ3v) is 2.13. The summed E-state index contributed by atoms with van der Waals surface area (Å²) in [4.78, 5) is 11.3. The number of hydrogen-bond donors (Lipinski definition) is 1. The van der Waals surface area contributed by atoms with Crippen molar-refractivity contribution in [2.75, 3.05) is 6.54 Å². The Labute approximate surface area is 85.3 Å². The molecule has 0 aliphatic carbocycles. The summed E-state index contributed by atoms with van der Waals surface area (Å²) in [5.74, 6) is -0.0112. The van der Waals surface area contributed by atoms with E-state index in [1.807, 2.05) is 30.8 Å². The van der Waals surface area contributed by atoms with Crippen molar-refractivity contribution in [3.8, 4) is 0 Å². The fourth-order valence-corrected chi connectivity index (χ4v) is 1.71. The Bertz CT molecular complexity index is 293. The maximum Gasteiger partial charge on any atom is 0.267 e. The second-order valence-electron chi connectivity index (χ2n) is 2.51. The highest BCUT2D eigenvalue weighted by molar-refractivity contribution is 14.1. The molecule has 4 heteroatoms. The number of amides is 1. The van der Waals surface area contributed by atoms with Gasteiger partial charge in [0.1, 0.15) is 5.69 Å². The summed E-state index contributed by atoms with van der Waals surface area (Å²) in [5.41, 5.74) is 0.709. The zero-order chi connectivity index (χ0) is 9.14. The van der Waals surface area contributed by atoms with Gasteiger partial charge in [-0.3, -0.25) is 4.79 Å². The summed E-state index contributed by atoms with van der Waals surface area (Å²) in [6, 6.07) is 1.87. The summed E-state index contributed by atoms with van der Waals surface area (Å²) >= 11 is 2.19. The van der Waals surface area contributed by atoms with Crippen molar-refractivity contribution >= 4 is 28.5 Å². The van der Waals surface area contributed by atoms with Crippen molar-refractivity contribution in [3.63, 3.8) is 0 Å². The van der Waals surface area contributed by atoms with E-state index in [0.717, 1.165) is 3.57 Å². The van der Waals surface area contributed by atoms with Crippen molar-refractivity contribution < 1.29 is 4.79 Å². The van der Waals surface area contributed by atoms with Crippen molar-refractivity contribution in [1.82, 2.24) is 9.88 Å². The van der Waals surface area contributed by atoms with E-state index in [9.17, 15) is 4.79 Å². The lowest BCUT2D eigenvalue weighted by molar-refractivity contribution is 0.0948. The average Bonchev–Trinajstić information content (AvgIpc) is 2.30. The Kier molecular flexibility index (Phi) is 3.13. The van der Waals surface area contributed by atoms with E-state index in [-0.39, 0.29) is 5.91 Å². The summed E-state index contributed by atoms with van der Waals surface area (Å²) < 4.78 is 2.91. The molecule has 1 rings (SSSR count). The van der Waals surface area contributed by atoms with Crippen molar-refractivity contribution in [2.45, 2.75) is 6.92 Å². The molecule has 1 aromatic heterocycles. The number of carbonyl (C=O) groups excluding carboxylic acids is 1. The van der Waals surface area contributed by atoms with Crippen molar-refractivity contribution in [2.24, 2.45) is 7.05 Å². The molecule has 1 heterocycles. The Morgan fingerprint density at radius 1 is 1.75 bits per heavy atom. The maximum atomic E-state index is 11.3. The molecule has 0 aromatic carbocycles. The van der Waals surface area contributed by atoms with Crippen LogP contribution in [0.1, 0.15) is 17.4 Å². The molecule has 0 aliphatic heterocycles. The topological polar surface area (TPSA) is 34.0 Å². The van der Waals surface area contributed by atoms with Gasteiger partial charge in [-0.1, -0.05) is 0 Å². The zero-order valence-corrected chi connectivity index (χ0v) is 9.25. The molecule has 1 amide bonds. The van der Waals surface area contributed by atoms with Gasteiger partial charge in [0.25, 0.3) is 5.91 Å². The Morgan fingerprint density at radius 3 is 2.83 bits per heavy atom. The van der Waals surface area contributed by atoms with E-state index in [0.29, 0.717) is 12.2 Å². The standard InChI is InChI=1S/C8H11IN2O/c1-3-10-8(12)7-4-6(9)5-11(7)2/h4-5H,3H2,1-2H3,(H,10,12). The predicted octanol–water partition coefficient (Wildman–Crippen LogP) is 1.38. The van der Waals surface area contributed by atoms with E-state index in [2.05, 4.69) is 27.9 Å². The number of aromatic nitrogens is 1. The second kappa shape index (κ2) is 3.93. The van der Waals surface area contributed by atoms with E-state index < -0.39 is 0 Å². The molecule has 0 saturated carbocycles. The number of hydrogen-bond acceptors (Lipinski definition) is 1. The smallest absolute Gasteiger partial charge is 0.267 e. The van der Waals surface area contributed by atoms with Crippen LogP contribution in [0.2, 0.25) is 0 Å². The highest BCUT2D eigenvalue weighted by Gasteiger charge is 2.08. The lowest BCUT2D eigenvalue weighted by atomic mass is 10.4. The maximum absolute atomic E-state index is 11.3. The van der Waals surface area contributed by atoms with Crippen LogP contribution in [-0.2, 0) is 7.05 Å². The van der Waals surface area contributed by atoms with Gasteiger partial charge in [0.15, 0.2) is 0 Å². The largest absolute Gasteiger partial charge is 0.351 e. The monoisotopic (exact) mass is 278 g/mol. The fraction of sp³-hybridized carbons (Fsp3) is 0.375. The molecule has 0 aliphatic rings. The molecule has 1 N–H and O–H groups in total. The van der Waals surface area contributed by atoms with Crippen LogP contribution >= 0.6 is 22.6 Å². The van der Waals surface area contributed by atoms with Crippen LogP contribution in [0.5, 0.6) is 0 Å². The molecule has 3 nitrogen and oxygen atoms in total. The first-order valence-electron chi connectivity index (χ1n) is 3.75. The summed E-state index contributed by atoms with van der Waals surface area (Å²) in [5, 5.41) is 2.75. The van der Waals surface area contributed by atoms with E-state index in [4.69, 9.17) is 0 Å². The van der Waals surface area contributed by atoms with Gasteiger partial charge >= 0.3 is 0 Å². The molecule has 0 saturated heterocycles. The number of carbonyl (C=O) groups is 1. The number of aryl methyl sites for hydroxylation is 1. The van der Waals surface area contributed by atoms with Crippen molar-refractivity contribution in [1.29, 1.82) is 0 Å². The first-order valence-corrected chi connectivity index (χ1v) is 4.83. The second-order valence-corrected chi connectivity index (χ2v) is 3.76. The SMILES string of the molecule is CCNC(=O)c1cc(I)cn1C. The van der Waals surface area contributed by atoms with Crippen LogP contribution in [0.25, 0.3) is 0 Å². The first-order chi connectivity index (χ1) is 5.65. The average molecular weight is 278 g/mol. The van der Waals surface area contributed by atoms with Crippen LogP contribution < -0.4 is 5.32 Å². The fourth-order valence-electron chi connectivity index (χ4n) is 1.00. The molecular weight excluding hydrogens is 267 g/mol. The molecule has 0 unspecified atom stereocenters. The van der Waals surface area contributed by atoms with Gasteiger partial charge in [0.2, 0.25) is 0 Å². The normalized spacial score (nSPS) is 9.92. The minimum Gasteiger partial charge on any atom is -0.351 e. The Hall–Kier alpha value is -0.520. The highest BCUT2D eigenvalue weighted by Crippen LogP contribution is 2.09. The van der Waals surface area contributed by atoms with Gasteiger partial charge in [-0.25, -0.2) is 0 Å². The molecule has 0 fully saturated rings. The molecule has 0 radical (unpaired) electrons. The number of nitrogens with zero attached hydrogens (tertiary/aromatic N) is 1. The number of halogens is 1. The number of rotatable bonds is 2. The Balaban J connectivity index is 2.87. The van der Waals surface area contributed by atoms with E-state index in [1.165, 1.54) is 0 Å². The molecule has 66 valence electrons. The van der Waals surface area contributed by atoms with E-state index in [1.54, 1.807) is 0 Å². The molecule has 12 heavy (non-hydrogen) atoms. The molecule has 0 bridgehead atoms. The van der Waals surface area contributed by atoms with Gasteiger partial charge in [0, 0.05) is 23.4 Å². The zero-order valence-electron chi connectivity index (χ0n) is 7.10. The van der Waals surface area contributed by atoms with Crippen LogP contribution in [0, 0.1) is 3.57 Å². The van der Waals surface area contributed by atoms with Crippen LogP contribution in [-0.4, -0.2) is 17.0 Å². The quantitative estimate of drug-likeness (QED) is 0.815. The third-order valence-electron chi connectivity index (χ3n) is 1.54. The van der Waals surface area contributed by atoms with Gasteiger partial charge in [-0.05, 0) is 35.6 Å². The Morgan fingerprint density at radius 2 is 2.42 bits per heavy atom. The van der Waals surface area contributed by atoms with Crippen LogP contribution in [0.3, 0.4) is 0 Å². The minimum absolute atomic E-state index is 0.0112. The lowest BCUT2D eigenvalue weighted by Crippen LogP contribution is -2.24. The van der Waals surface area contributed by atoms with Crippen LogP contribution in [0.15, 0.2) is 12.3 Å². The summed E-state index contributed by atoms with van der Waals surface area (Å²) in [7, 11) is 1.87. The highest BCUT2D eigenvalue weighted by atomic mass is 127. The van der Waals surface area contributed by atoms with Gasteiger partial charge in [-0.15, -0.1) is 0 Å². The molecular formula is C8H11IN2O. The van der Waals surface area contributed by atoms with Crippen LogP contribution in [0.4, 0.5) is 0 Å². The predicted molar refractivity (Wildman–Crippen MR) is 56.1 cm³/mol. The summed E-state index contributed by atoms with van der Waals surface area (Å²) in [6.45, 7) is 2.58. The first kappa shape index (κ1) is 9.57. The number of nitrogens with one attached hydrogen (secondary N) is 1. The van der Waals surface area contributed by atoms with Crippen molar-refractivity contribution in [3.05, 3.63) is 21.5 Å². The molecule has 1 aromatic rings. The van der Waals surface area contributed by atoms with Gasteiger partial charge in [-0.2, -0.15) is 0 Å². The minimum atomic E-state index is -0.0112. The van der Waals surface area contributed by atoms with Gasteiger partial charge < -0.3 is 9.88 Å². The summed E-state index contributed by atoms with van der Waals surface area (Å²) in [6.07, 6.45) is 1.92. The lowest BCUT2D eigenvalue weighted by Gasteiger charge is -2.01. The molecule has 0 spiro atoms.